The van der Waals surface area contributed by atoms with Crippen molar-refractivity contribution in [1.29, 1.82) is 0 Å². The van der Waals surface area contributed by atoms with E-state index in [1.807, 2.05) is 42.5 Å². The molecule has 2 rings (SSSR count). The second kappa shape index (κ2) is 5.21. The molecule has 0 aliphatic rings. The van der Waals surface area contributed by atoms with Gasteiger partial charge in [-0.05, 0) is 23.8 Å². The van der Waals surface area contributed by atoms with Gasteiger partial charge in [-0.3, -0.25) is 0 Å². The Bertz CT molecular complexity index is 525. The molecule has 3 heteroatoms. The minimum absolute atomic E-state index is 0.501. The second-order valence-electron chi connectivity index (χ2n) is 3.72. The van der Waals surface area contributed by atoms with Crippen molar-refractivity contribution in [3.8, 4) is 16.9 Å². The van der Waals surface area contributed by atoms with E-state index in [1.165, 1.54) is 0 Å². The minimum atomic E-state index is 0.501. The van der Waals surface area contributed by atoms with Gasteiger partial charge in [0.1, 0.15) is 5.75 Å². The van der Waals surface area contributed by atoms with Crippen LogP contribution in [0.2, 0.25) is 5.02 Å². The van der Waals surface area contributed by atoms with Gasteiger partial charge in [0, 0.05) is 22.7 Å². The first kappa shape index (κ1) is 12.0. The normalized spacial score (nSPS) is 10.3. The predicted molar refractivity (Wildman–Crippen MR) is 71.3 cm³/mol. The van der Waals surface area contributed by atoms with E-state index in [0.717, 1.165) is 22.4 Å². The number of rotatable bonds is 3. The van der Waals surface area contributed by atoms with E-state index in [-0.39, 0.29) is 0 Å². The van der Waals surface area contributed by atoms with E-state index in [9.17, 15) is 0 Å². The molecule has 0 heterocycles. The van der Waals surface area contributed by atoms with E-state index in [4.69, 9.17) is 22.1 Å². The number of hydrogen-bond donors (Lipinski definition) is 1. The molecule has 2 N–H and O–H groups in total. The van der Waals surface area contributed by atoms with Gasteiger partial charge in [0.05, 0.1) is 7.11 Å². The third-order valence-electron chi connectivity index (χ3n) is 2.66. The fraction of sp³-hybridized carbons (Fsp3) is 0.143. The Kier molecular flexibility index (Phi) is 3.67. The average molecular weight is 248 g/mol. The molecule has 0 amide bonds. The zero-order valence-corrected chi connectivity index (χ0v) is 10.4. The summed E-state index contributed by atoms with van der Waals surface area (Å²) < 4.78 is 5.35. The van der Waals surface area contributed by atoms with E-state index in [1.54, 1.807) is 7.11 Å². The number of methoxy groups -OCH3 is 1. The largest absolute Gasteiger partial charge is 0.496 e. The third-order valence-corrected chi connectivity index (χ3v) is 2.99. The fourth-order valence-electron chi connectivity index (χ4n) is 1.77. The van der Waals surface area contributed by atoms with Crippen LogP contribution in [0, 0.1) is 0 Å². The smallest absolute Gasteiger partial charge is 0.126 e. The van der Waals surface area contributed by atoms with Gasteiger partial charge in [-0.1, -0.05) is 35.9 Å². The molecular formula is C14H14ClNO. The first-order chi connectivity index (χ1) is 8.26. The topological polar surface area (TPSA) is 35.2 Å². The van der Waals surface area contributed by atoms with Crippen LogP contribution in [0.4, 0.5) is 0 Å². The maximum Gasteiger partial charge on any atom is 0.126 e. The summed E-state index contributed by atoms with van der Waals surface area (Å²) >= 11 is 6.20. The molecule has 0 aliphatic carbocycles. The highest BCUT2D eigenvalue weighted by molar-refractivity contribution is 6.33. The van der Waals surface area contributed by atoms with E-state index in [2.05, 4.69) is 0 Å². The van der Waals surface area contributed by atoms with Crippen LogP contribution in [0.3, 0.4) is 0 Å². The lowest BCUT2D eigenvalue weighted by Gasteiger charge is -2.11. The van der Waals surface area contributed by atoms with Gasteiger partial charge in [0.25, 0.3) is 0 Å². The number of halogens is 1. The van der Waals surface area contributed by atoms with Gasteiger partial charge in [-0.2, -0.15) is 0 Å². The highest BCUT2D eigenvalue weighted by Crippen LogP contribution is 2.35. The third kappa shape index (κ3) is 2.43. The Hall–Kier alpha value is -1.51. The highest BCUT2D eigenvalue weighted by Gasteiger charge is 2.09. The van der Waals surface area contributed by atoms with Gasteiger partial charge in [0.2, 0.25) is 0 Å². The lowest BCUT2D eigenvalue weighted by molar-refractivity contribution is 0.416. The van der Waals surface area contributed by atoms with Crippen LogP contribution in [0.15, 0.2) is 42.5 Å². The van der Waals surface area contributed by atoms with E-state index < -0.39 is 0 Å². The van der Waals surface area contributed by atoms with Gasteiger partial charge in [-0.15, -0.1) is 0 Å². The van der Waals surface area contributed by atoms with Crippen molar-refractivity contribution < 1.29 is 4.74 Å². The summed E-state index contributed by atoms with van der Waals surface area (Å²) in [4.78, 5) is 0. The Morgan fingerprint density at radius 3 is 2.53 bits per heavy atom. The van der Waals surface area contributed by atoms with Crippen molar-refractivity contribution in [2.45, 2.75) is 6.54 Å². The number of benzene rings is 2. The minimum Gasteiger partial charge on any atom is -0.496 e. The SMILES string of the molecule is COc1ccc(CN)cc1-c1ccccc1Cl. The molecule has 0 bridgehead atoms. The molecule has 2 nitrogen and oxygen atoms in total. The van der Waals surface area contributed by atoms with Crippen LogP contribution >= 0.6 is 11.6 Å². The molecule has 0 radical (unpaired) electrons. The zero-order chi connectivity index (χ0) is 12.3. The molecule has 2 aromatic rings. The number of ether oxygens (including phenoxy) is 1. The van der Waals surface area contributed by atoms with Crippen molar-refractivity contribution in [2.75, 3.05) is 7.11 Å². The molecule has 0 unspecified atom stereocenters. The predicted octanol–water partition coefficient (Wildman–Crippen LogP) is 3.47. The van der Waals surface area contributed by atoms with Gasteiger partial charge in [-0.25, -0.2) is 0 Å². The van der Waals surface area contributed by atoms with Crippen molar-refractivity contribution in [3.63, 3.8) is 0 Å². The van der Waals surface area contributed by atoms with Crippen molar-refractivity contribution in [1.82, 2.24) is 0 Å². The lowest BCUT2D eigenvalue weighted by atomic mass is 10.0. The zero-order valence-electron chi connectivity index (χ0n) is 9.61. The second-order valence-corrected chi connectivity index (χ2v) is 4.13. The van der Waals surface area contributed by atoms with Crippen LogP contribution < -0.4 is 10.5 Å². The molecule has 0 atom stereocenters. The molecule has 0 saturated carbocycles. The van der Waals surface area contributed by atoms with Crippen molar-refractivity contribution >= 4 is 11.6 Å². The summed E-state index contributed by atoms with van der Waals surface area (Å²) in [6.07, 6.45) is 0. The Morgan fingerprint density at radius 1 is 1.12 bits per heavy atom. The van der Waals surface area contributed by atoms with Crippen LogP contribution in [0.25, 0.3) is 11.1 Å². The van der Waals surface area contributed by atoms with E-state index >= 15 is 0 Å². The molecule has 0 fully saturated rings. The van der Waals surface area contributed by atoms with Gasteiger partial charge < -0.3 is 10.5 Å². The summed E-state index contributed by atoms with van der Waals surface area (Å²) in [7, 11) is 1.65. The fourth-order valence-corrected chi connectivity index (χ4v) is 2.01. The first-order valence-corrected chi connectivity index (χ1v) is 5.76. The monoisotopic (exact) mass is 247 g/mol. The molecule has 0 spiro atoms. The number of hydrogen-bond acceptors (Lipinski definition) is 2. The summed E-state index contributed by atoms with van der Waals surface area (Å²) in [5, 5.41) is 0.708. The van der Waals surface area contributed by atoms with Crippen LogP contribution in [-0.4, -0.2) is 7.11 Å². The maximum absolute atomic E-state index is 6.20. The average Bonchev–Trinajstić information content (AvgIpc) is 2.38. The summed E-state index contributed by atoms with van der Waals surface area (Å²) in [6.45, 7) is 0.501. The number of nitrogens with two attached hydrogens (primary N) is 1. The molecule has 88 valence electrons. The van der Waals surface area contributed by atoms with Crippen molar-refractivity contribution in [3.05, 3.63) is 53.1 Å². The van der Waals surface area contributed by atoms with Crippen LogP contribution in [-0.2, 0) is 6.54 Å². The van der Waals surface area contributed by atoms with Gasteiger partial charge in [0.15, 0.2) is 0 Å². The van der Waals surface area contributed by atoms with E-state index in [0.29, 0.717) is 11.6 Å². The Labute approximate surface area is 106 Å². The van der Waals surface area contributed by atoms with Crippen molar-refractivity contribution in [2.24, 2.45) is 5.73 Å². The molecule has 0 aromatic heterocycles. The highest BCUT2D eigenvalue weighted by atomic mass is 35.5. The Morgan fingerprint density at radius 2 is 1.88 bits per heavy atom. The van der Waals surface area contributed by atoms with Gasteiger partial charge >= 0.3 is 0 Å². The maximum atomic E-state index is 6.20. The molecule has 0 saturated heterocycles. The molecule has 0 aliphatic heterocycles. The molecular weight excluding hydrogens is 234 g/mol. The quantitative estimate of drug-likeness (QED) is 0.901. The Balaban J connectivity index is 2.60. The standard InChI is InChI=1S/C14H14ClNO/c1-17-14-7-6-10(9-16)8-12(14)11-4-2-3-5-13(11)15/h2-8H,9,16H2,1H3. The lowest BCUT2D eigenvalue weighted by Crippen LogP contribution is -1.97. The van der Waals surface area contributed by atoms with Crippen LogP contribution in [0.1, 0.15) is 5.56 Å². The molecule has 2 aromatic carbocycles. The summed E-state index contributed by atoms with van der Waals surface area (Å²) in [6, 6.07) is 13.6. The van der Waals surface area contributed by atoms with Crippen LogP contribution in [0.5, 0.6) is 5.75 Å². The summed E-state index contributed by atoms with van der Waals surface area (Å²) in [5.41, 5.74) is 8.64. The first-order valence-electron chi connectivity index (χ1n) is 5.38. The summed E-state index contributed by atoms with van der Waals surface area (Å²) in [5.74, 6) is 0.801. The molecule has 17 heavy (non-hydrogen) atoms.